The summed E-state index contributed by atoms with van der Waals surface area (Å²) in [4.78, 5) is 59.0. The Morgan fingerprint density at radius 1 is 0.791 bits per heavy atom. The molecule has 0 saturated carbocycles. The first-order valence-electron chi connectivity index (χ1n) is 13.9. The van der Waals surface area contributed by atoms with Gasteiger partial charge in [-0.2, -0.15) is 0 Å². The minimum absolute atomic E-state index is 0.190. The second kappa shape index (κ2) is 10.5. The number of carbonyl (C=O) groups is 4. The fourth-order valence-electron chi connectivity index (χ4n) is 6.51. The molecule has 43 heavy (non-hydrogen) atoms. The van der Waals surface area contributed by atoms with E-state index in [1.807, 2.05) is 42.5 Å². The molecule has 2 saturated heterocycles. The van der Waals surface area contributed by atoms with Gasteiger partial charge in [0, 0.05) is 22.9 Å². The number of halogens is 1. The molecule has 3 aliphatic heterocycles. The second-order valence-corrected chi connectivity index (χ2v) is 11.7. The van der Waals surface area contributed by atoms with Crippen LogP contribution in [-0.4, -0.2) is 47.5 Å². The number of nitrogens with zero attached hydrogens (tertiary/aromatic N) is 2. The van der Waals surface area contributed by atoms with Gasteiger partial charge in [-0.1, -0.05) is 66.7 Å². The number of amides is 2. The van der Waals surface area contributed by atoms with E-state index >= 15 is 0 Å². The van der Waals surface area contributed by atoms with Gasteiger partial charge in [-0.3, -0.25) is 19.2 Å². The smallest absolute Gasteiger partial charge is 0.240 e. The minimum Gasteiger partial charge on any atom is -0.496 e. The second-order valence-electron chi connectivity index (χ2n) is 10.8. The standard InChI is InChI=1S/C35H25BrN2O5/c1-43-28-14-12-23(18-26(28)36)33(40)31-30-29(27-19-24(15-16-37(27)31)32(39)21-8-3-2-4-9-21)34(41)38(35(30)42)25-13-11-20-7-5-6-10-22(20)17-25/h2-19,27,29-31H,1H3/t27-,29-,30+,31-/m1/s1. The quantitative estimate of drug-likeness (QED) is 0.192. The number of carbonyl (C=O) groups excluding carboxylic acids is 4. The van der Waals surface area contributed by atoms with Crippen molar-refractivity contribution in [2.24, 2.45) is 11.8 Å². The molecule has 3 aliphatic rings. The Kier molecular flexibility index (Phi) is 6.58. The van der Waals surface area contributed by atoms with E-state index in [9.17, 15) is 19.2 Å². The molecule has 0 aliphatic carbocycles. The van der Waals surface area contributed by atoms with Crippen LogP contribution in [-0.2, 0) is 9.59 Å². The predicted octanol–water partition coefficient (Wildman–Crippen LogP) is 5.99. The molecule has 4 atom stereocenters. The lowest BCUT2D eigenvalue weighted by molar-refractivity contribution is -0.123. The average Bonchev–Trinajstić information content (AvgIpc) is 3.51. The van der Waals surface area contributed by atoms with Gasteiger partial charge in [0.15, 0.2) is 11.6 Å². The van der Waals surface area contributed by atoms with Crippen LogP contribution in [0.1, 0.15) is 20.7 Å². The molecule has 4 aromatic rings. The summed E-state index contributed by atoms with van der Waals surface area (Å²) in [5.74, 6) is -2.52. The van der Waals surface area contributed by atoms with Gasteiger partial charge in [0.2, 0.25) is 11.8 Å². The van der Waals surface area contributed by atoms with Crippen LogP contribution in [0, 0.1) is 11.8 Å². The number of imide groups is 1. The van der Waals surface area contributed by atoms with Gasteiger partial charge in [0.05, 0.1) is 35.1 Å². The summed E-state index contributed by atoms with van der Waals surface area (Å²) in [6.45, 7) is 0. The number of hydrogen-bond acceptors (Lipinski definition) is 6. The molecule has 212 valence electrons. The Labute approximate surface area is 256 Å². The maximum absolute atomic E-state index is 14.2. The number of methoxy groups -OCH3 is 1. The summed E-state index contributed by atoms with van der Waals surface area (Å²) in [6.07, 6.45) is 5.08. The number of allylic oxidation sites excluding steroid dienone is 2. The highest BCUT2D eigenvalue weighted by molar-refractivity contribution is 9.10. The van der Waals surface area contributed by atoms with Crippen molar-refractivity contribution in [2.75, 3.05) is 12.0 Å². The monoisotopic (exact) mass is 632 g/mol. The zero-order chi connectivity index (χ0) is 29.8. The highest BCUT2D eigenvalue weighted by Gasteiger charge is 2.63. The SMILES string of the molecule is COc1ccc(C(=O)[C@H]2[C@H]3C(=O)N(c4ccc5ccccc5c4)C(=O)[C@@H]3[C@H]3C=C(C(=O)c4ccccc4)C=CN32)cc1Br. The van der Waals surface area contributed by atoms with Gasteiger partial charge in [-0.15, -0.1) is 0 Å². The number of rotatable bonds is 6. The third-order valence-electron chi connectivity index (χ3n) is 8.54. The van der Waals surface area contributed by atoms with E-state index < -0.39 is 29.8 Å². The van der Waals surface area contributed by atoms with Gasteiger partial charge in [0.1, 0.15) is 11.8 Å². The molecule has 3 heterocycles. The first-order chi connectivity index (χ1) is 20.9. The summed E-state index contributed by atoms with van der Waals surface area (Å²) < 4.78 is 5.93. The number of hydrogen-bond donors (Lipinski definition) is 0. The van der Waals surface area contributed by atoms with Gasteiger partial charge in [-0.25, -0.2) is 4.90 Å². The van der Waals surface area contributed by atoms with Crippen molar-refractivity contribution in [2.45, 2.75) is 12.1 Å². The summed E-state index contributed by atoms with van der Waals surface area (Å²) in [6, 6.07) is 25.5. The van der Waals surface area contributed by atoms with Crippen LogP contribution in [0.4, 0.5) is 5.69 Å². The Bertz CT molecular complexity index is 1900. The molecule has 8 heteroatoms. The number of benzene rings is 4. The number of ether oxygens (including phenoxy) is 1. The lowest BCUT2D eigenvalue weighted by atomic mass is 9.85. The Hall–Kier alpha value is -4.82. The minimum atomic E-state index is -0.946. The van der Waals surface area contributed by atoms with Crippen molar-refractivity contribution >= 4 is 55.8 Å². The van der Waals surface area contributed by atoms with Crippen molar-refractivity contribution in [3.05, 3.63) is 131 Å². The van der Waals surface area contributed by atoms with Crippen LogP contribution in [0.15, 0.2) is 119 Å². The lowest BCUT2D eigenvalue weighted by Gasteiger charge is -2.33. The maximum atomic E-state index is 14.2. The van der Waals surface area contributed by atoms with Gasteiger partial charge < -0.3 is 9.64 Å². The largest absolute Gasteiger partial charge is 0.496 e. The maximum Gasteiger partial charge on any atom is 0.240 e. The molecular weight excluding hydrogens is 608 g/mol. The summed E-state index contributed by atoms with van der Waals surface area (Å²) in [5, 5.41) is 1.88. The average molecular weight is 633 g/mol. The fraction of sp³-hybridized carbons (Fsp3) is 0.143. The molecule has 2 fully saturated rings. The molecule has 0 spiro atoms. The van der Waals surface area contributed by atoms with Crippen LogP contribution >= 0.6 is 15.9 Å². The Balaban J connectivity index is 1.32. The third kappa shape index (κ3) is 4.32. The summed E-state index contributed by atoms with van der Waals surface area (Å²) in [5.41, 5.74) is 1.77. The van der Waals surface area contributed by atoms with Crippen molar-refractivity contribution < 1.29 is 23.9 Å². The van der Waals surface area contributed by atoms with Crippen molar-refractivity contribution in [1.82, 2.24) is 4.90 Å². The van der Waals surface area contributed by atoms with Crippen molar-refractivity contribution in [3.63, 3.8) is 0 Å². The molecule has 2 amide bonds. The highest BCUT2D eigenvalue weighted by atomic mass is 79.9. The molecule has 0 bridgehead atoms. The van der Waals surface area contributed by atoms with Crippen molar-refractivity contribution in [3.8, 4) is 5.75 Å². The van der Waals surface area contributed by atoms with Crippen LogP contribution in [0.5, 0.6) is 5.75 Å². The number of anilines is 1. The third-order valence-corrected chi connectivity index (χ3v) is 9.16. The van der Waals surface area contributed by atoms with E-state index in [4.69, 9.17) is 4.74 Å². The molecule has 0 N–H and O–H groups in total. The first-order valence-corrected chi connectivity index (χ1v) is 14.7. The number of Topliss-reactive ketones (excluding diaryl/α,β-unsaturated/α-hetero) is 2. The summed E-state index contributed by atoms with van der Waals surface area (Å²) >= 11 is 3.46. The van der Waals surface area contributed by atoms with Crippen molar-refractivity contribution in [1.29, 1.82) is 0 Å². The number of ketones is 2. The first kappa shape index (κ1) is 27.0. The van der Waals surface area contributed by atoms with E-state index in [1.54, 1.807) is 71.8 Å². The van der Waals surface area contributed by atoms with Crippen LogP contribution in [0.3, 0.4) is 0 Å². The molecule has 7 rings (SSSR count). The van der Waals surface area contributed by atoms with Crippen LogP contribution in [0.25, 0.3) is 10.8 Å². The van der Waals surface area contributed by atoms with E-state index in [2.05, 4.69) is 15.9 Å². The zero-order valence-corrected chi connectivity index (χ0v) is 24.6. The summed E-state index contributed by atoms with van der Waals surface area (Å²) in [7, 11) is 1.54. The topological polar surface area (TPSA) is 84.0 Å². The van der Waals surface area contributed by atoms with E-state index in [0.29, 0.717) is 32.6 Å². The van der Waals surface area contributed by atoms with E-state index in [1.165, 1.54) is 12.0 Å². The van der Waals surface area contributed by atoms with Crippen LogP contribution < -0.4 is 9.64 Å². The van der Waals surface area contributed by atoms with Crippen LogP contribution in [0.2, 0.25) is 0 Å². The Morgan fingerprint density at radius 2 is 1.51 bits per heavy atom. The van der Waals surface area contributed by atoms with Gasteiger partial charge >= 0.3 is 0 Å². The zero-order valence-electron chi connectivity index (χ0n) is 23.0. The molecule has 0 unspecified atom stereocenters. The van der Waals surface area contributed by atoms with E-state index in [0.717, 1.165) is 10.8 Å². The Morgan fingerprint density at radius 3 is 2.26 bits per heavy atom. The lowest BCUT2D eigenvalue weighted by Crippen LogP contribution is -2.46. The molecule has 0 radical (unpaired) electrons. The molecular formula is C35H25BrN2O5. The van der Waals surface area contributed by atoms with Gasteiger partial charge in [-0.05, 0) is 63.1 Å². The van der Waals surface area contributed by atoms with Gasteiger partial charge in [0.25, 0.3) is 0 Å². The fourth-order valence-corrected chi connectivity index (χ4v) is 7.06. The molecule has 0 aromatic heterocycles. The highest BCUT2D eigenvalue weighted by Crippen LogP contribution is 2.47. The molecule has 7 nitrogen and oxygen atoms in total. The number of fused-ring (bicyclic) bond motifs is 4. The normalized spacial score (nSPS) is 22.4. The molecule has 4 aromatic carbocycles. The predicted molar refractivity (Wildman–Crippen MR) is 166 cm³/mol. The van der Waals surface area contributed by atoms with E-state index in [-0.39, 0.29) is 17.5 Å².